The molecular formula is C13H16N2O4S2. The number of aryl methyl sites for hydroxylation is 1. The number of hydrogen-bond donors (Lipinski definition) is 1. The van der Waals surface area contributed by atoms with Crippen LogP contribution in [0.3, 0.4) is 0 Å². The van der Waals surface area contributed by atoms with Crippen LogP contribution in [0.15, 0.2) is 5.03 Å². The van der Waals surface area contributed by atoms with Gasteiger partial charge in [-0.2, -0.15) is 0 Å². The Labute approximate surface area is 127 Å². The number of rotatable bonds is 4. The highest BCUT2D eigenvalue weighted by Crippen LogP contribution is 2.40. The summed E-state index contributed by atoms with van der Waals surface area (Å²) in [4.78, 5) is 20.1. The minimum Gasteiger partial charge on any atom is -0.478 e. The molecule has 1 aliphatic heterocycles. The van der Waals surface area contributed by atoms with E-state index < -0.39 is 15.8 Å². The molecule has 1 aliphatic carbocycles. The molecule has 3 rings (SSSR count). The lowest BCUT2D eigenvalue weighted by Crippen LogP contribution is -2.12. The molecule has 1 N–H and O–H groups in total. The number of sulfone groups is 1. The average Bonchev–Trinajstić information content (AvgIpc) is 3.14. The largest absolute Gasteiger partial charge is 0.478 e. The van der Waals surface area contributed by atoms with E-state index in [1.54, 1.807) is 6.92 Å². The fraction of sp³-hybridized carbons (Fsp3) is 0.615. The van der Waals surface area contributed by atoms with Crippen LogP contribution in [0.1, 0.15) is 47.1 Å². The first-order chi connectivity index (χ1) is 9.85. The van der Waals surface area contributed by atoms with E-state index in [-0.39, 0.29) is 22.3 Å². The van der Waals surface area contributed by atoms with Crippen molar-refractivity contribution in [2.75, 3.05) is 11.5 Å². The standard InChI is InChI=1S/C13H16N2O4S2/c1-7-10(13(16)17)12(15-11(14-7)8-2-3-8)20-9-4-5-21(18,19)6-9/h8-9H,2-6H2,1H3,(H,16,17). The predicted molar refractivity (Wildman–Crippen MR) is 78.6 cm³/mol. The molecule has 2 heterocycles. The minimum absolute atomic E-state index is 0.0958. The molecule has 0 amide bonds. The van der Waals surface area contributed by atoms with Gasteiger partial charge in [-0.1, -0.05) is 0 Å². The molecule has 1 aromatic heterocycles. The third kappa shape index (κ3) is 3.21. The van der Waals surface area contributed by atoms with Crippen LogP contribution in [0.4, 0.5) is 0 Å². The van der Waals surface area contributed by atoms with Crippen LogP contribution >= 0.6 is 11.8 Å². The first kappa shape index (κ1) is 14.8. The van der Waals surface area contributed by atoms with Crippen molar-refractivity contribution in [3.05, 3.63) is 17.1 Å². The van der Waals surface area contributed by atoms with Gasteiger partial charge in [0.15, 0.2) is 9.84 Å². The molecule has 0 spiro atoms. The summed E-state index contributed by atoms with van der Waals surface area (Å²) in [6.07, 6.45) is 2.62. The van der Waals surface area contributed by atoms with Crippen molar-refractivity contribution in [2.24, 2.45) is 0 Å². The van der Waals surface area contributed by atoms with Gasteiger partial charge >= 0.3 is 5.97 Å². The summed E-state index contributed by atoms with van der Waals surface area (Å²) >= 11 is 1.27. The van der Waals surface area contributed by atoms with Crippen molar-refractivity contribution in [1.29, 1.82) is 0 Å². The molecular weight excluding hydrogens is 312 g/mol. The van der Waals surface area contributed by atoms with E-state index in [1.165, 1.54) is 11.8 Å². The van der Waals surface area contributed by atoms with Crippen LogP contribution in [-0.4, -0.2) is 46.2 Å². The maximum absolute atomic E-state index is 11.5. The maximum atomic E-state index is 11.5. The number of aromatic nitrogens is 2. The van der Waals surface area contributed by atoms with Crippen LogP contribution in [0.25, 0.3) is 0 Å². The van der Waals surface area contributed by atoms with E-state index in [0.29, 0.717) is 28.9 Å². The Bertz CT molecular complexity index is 698. The molecule has 1 aromatic rings. The van der Waals surface area contributed by atoms with E-state index >= 15 is 0 Å². The Morgan fingerprint density at radius 3 is 2.52 bits per heavy atom. The van der Waals surface area contributed by atoms with Crippen molar-refractivity contribution in [3.8, 4) is 0 Å². The molecule has 114 valence electrons. The summed E-state index contributed by atoms with van der Waals surface area (Å²) in [6.45, 7) is 1.67. The average molecular weight is 328 g/mol. The summed E-state index contributed by atoms with van der Waals surface area (Å²) in [7, 11) is -2.98. The second-order valence-electron chi connectivity index (χ2n) is 5.57. The smallest absolute Gasteiger partial charge is 0.340 e. The summed E-state index contributed by atoms with van der Waals surface area (Å²) in [5.74, 6) is 0.239. The number of thioether (sulfide) groups is 1. The summed E-state index contributed by atoms with van der Waals surface area (Å²) < 4.78 is 23.1. The second-order valence-corrected chi connectivity index (χ2v) is 9.09. The highest BCUT2D eigenvalue weighted by atomic mass is 32.2. The number of aromatic carboxylic acids is 1. The van der Waals surface area contributed by atoms with E-state index in [0.717, 1.165) is 12.8 Å². The van der Waals surface area contributed by atoms with Crippen molar-refractivity contribution >= 4 is 27.6 Å². The van der Waals surface area contributed by atoms with Crippen LogP contribution in [-0.2, 0) is 9.84 Å². The van der Waals surface area contributed by atoms with Crippen molar-refractivity contribution in [1.82, 2.24) is 9.97 Å². The Morgan fingerprint density at radius 2 is 2.00 bits per heavy atom. The molecule has 8 heteroatoms. The molecule has 6 nitrogen and oxygen atoms in total. The predicted octanol–water partition coefficient (Wildman–Crippen LogP) is 1.64. The Hall–Kier alpha value is -1.15. The fourth-order valence-corrected chi connectivity index (χ4v) is 6.07. The zero-order valence-corrected chi connectivity index (χ0v) is 13.2. The van der Waals surface area contributed by atoms with Crippen molar-refractivity contribution in [3.63, 3.8) is 0 Å². The Kier molecular flexibility index (Phi) is 3.69. The van der Waals surface area contributed by atoms with Gasteiger partial charge < -0.3 is 5.11 Å². The molecule has 0 aromatic carbocycles. The number of nitrogens with zero attached hydrogens (tertiary/aromatic N) is 2. The Balaban J connectivity index is 1.93. The van der Waals surface area contributed by atoms with Gasteiger partial charge in [0.25, 0.3) is 0 Å². The van der Waals surface area contributed by atoms with E-state index in [9.17, 15) is 18.3 Å². The second kappa shape index (κ2) is 5.24. The van der Waals surface area contributed by atoms with Crippen molar-refractivity contribution < 1.29 is 18.3 Å². The van der Waals surface area contributed by atoms with Crippen LogP contribution in [0.2, 0.25) is 0 Å². The number of carbonyl (C=O) groups is 1. The number of carboxylic acid groups (broad SMARTS) is 1. The van der Waals surface area contributed by atoms with Gasteiger partial charge in [-0.15, -0.1) is 11.8 Å². The molecule has 1 unspecified atom stereocenters. The maximum Gasteiger partial charge on any atom is 0.340 e. The molecule has 1 atom stereocenters. The first-order valence-electron chi connectivity index (χ1n) is 6.84. The SMILES string of the molecule is Cc1nc(C2CC2)nc(SC2CCS(=O)(=O)C2)c1C(=O)O. The van der Waals surface area contributed by atoms with Crippen LogP contribution in [0, 0.1) is 6.92 Å². The molecule has 1 saturated heterocycles. The lowest BCUT2D eigenvalue weighted by atomic mass is 10.2. The fourth-order valence-electron chi connectivity index (χ4n) is 2.43. The van der Waals surface area contributed by atoms with Gasteiger partial charge in [0.2, 0.25) is 0 Å². The number of hydrogen-bond acceptors (Lipinski definition) is 6. The van der Waals surface area contributed by atoms with Crippen LogP contribution < -0.4 is 0 Å². The quantitative estimate of drug-likeness (QED) is 0.839. The lowest BCUT2D eigenvalue weighted by Gasteiger charge is -2.12. The first-order valence-corrected chi connectivity index (χ1v) is 9.55. The molecule has 0 radical (unpaired) electrons. The monoisotopic (exact) mass is 328 g/mol. The summed E-state index contributed by atoms with van der Waals surface area (Å²) in [5, 5.41) is 9.66. The van der Waals surface area contributed by atoms with Gasteiger partial charge in [0.05, 0.1) is 17.2 Å². The van der Waals surface area contributed by atoms with Gasteiger partial charge in [0, 0.05) is 11.2 Å². The normalized spacial score (nSPS) is 24.1. The van der Waals surface area contributed by atoms with Crippen LogP contribution in [0.5, 0.6) is 0 Å². The highest BCUT2D eigenvalue weighted by molar-refractivity contribution is 8.01. The summed E-state index contributed by atoms with van der Waals surface area (Å²) in [6, 6.07) is 0. The third-order valence-corrected chi connectivity index (χ3v) is 6.93. The zero-order valence-electron chi connectivity index (χ0n) is 11.6. The third-order valence-electron chi connectivity index (χ3n) is 3.70. The van der Waals surface area contributed by atoms with E-state index in [2.05, 4.69) is 9.97 Å². The molecule has 2 aliphatic rings. The van der Waals surface area contributed by atoms with Gasteiger partial charge in [-0.25, -0.2) is 23.2 Å². The van der Waals surface area contributed by atoms with E-state index in [4.69, 9.17) is 0 Å². The Morgan fingerprint density at radius 1 is 1.29 bits per heavy atom. The van der Waals surface area contributed by atoms with E-state index in [1.807, 2.05) is 0 Å². The molecule has 1 saturated carbocycles. The van der Waals surface area contributed by atoms with Gasteiger partial charge in [0.1, 0.15) is 16.4 Å². The highest BCUT2D eigenvalue weighted by Gasteiger charge is 2.33. The van der Waals surface area contributed by atoms with Gasteiger partial charge in [-0.05, 0) is 26.2 Å². The minimum atomic E-state index is -2.98. The van der Waals surface area contributed by atoms with Gasteiger partial charge in [-0.3, -0.25) is 0 Å². The summed E-state index contributed by atoms with van der Waals surface area (Å²) in [5.41, 5.74) is 0.566. The topological polar surface area (TPSA) is 97.2 Å². The van der Waals surface area contributed by atoms with Crippen molar-refractivity contribution in [2.45, 2.75) is 42.4 Å². The number of carboxylic acids is 1. The zero-order chi connectivity index (χ0) is 15.2. The lowest BCUT2D eigenvalue weighted by molar-refractivity contribution is 0.0690. The molecule has 2 fully saturated rings. The molecule has 21 heavy (non-hydrogen) atoms. The molecule has 0 bridgehead atoms.